The Balaban J connectivity index is 1.44. The molecule has 2 aromatic carbocycles. The van der Waals surface area contributed by atoms with Crippen LogP contribution in [0.1, 0.15) is 40.2 Å². The molecule has 150 valence electrons. The van der Waals surface area contributed by atoms with Gasteiger partial charge in [0.1, 0.15) is 5.69 Å². The molecule has 0 saturated heterocycles. The van der Waals surface area contributed by atoms with Crippen LogP contribution in [0.2, 0.25) is 0 Å². The van der Waals surface area contributed by atoms with Crippen molar-refractivity contribution in [2.45, 2.75) is 32.6 Å². The van der Waals surface area contributed by atoms with Gasteiger partial charge in [0, 0.05) is 18.8 Å². The maximum atomic E-state index is 12.4. The van der Waals surface area contributed by atoms with Crippen molar-refractivity contribution in [2.75, 3.05) is 18.4 Å². The van der Waals surface area contributed by atoms with E-state index in [2.05, 4.69) is 57.0 Å². The Morgan fingerprint density at radius 3 is 2.03 bits per heavy atom. The zero-order chi connectivity index (χ0) is 20.3. The molecule has 5 nitrogen and oxygen atoms in total. The van der Waals surface area contributed by atoms with Gasteiger partial charge in [-0.1, -0.05) is 60.7 Å². The Labute approximate surface area is 172 Å². The Bertz CT molecular complexity index is 897. The minimum Gasteiger partial charge on any atom is -0.354 e. The van der Waals surface area contributed by atoms with Gasteiger partial charge in [0.2, 0.25) is 5.95 Å². The predicted molar refractivity (Wildman–Crippen MR) is 117 cm³/mol. The van der Waals surface area contributed by atoms with E-state index in [-0.39, 0.29) is 5.91 Å². The lowest BCUT2D eigenvalue weighted by molar-refractivity contribution is 0.0948. The van der Waals surface area contributed by atoms with Crippen molar-refractivity contribution in [2.24, 2.45) is 0 Å². The highest BCUT2D eigenvalue weighted by Crippen LogP contribution is 2.07. The van der Waals surface area contributed by atoms with Gasteiger partial charge in [0.15, 0.2) is 0 Å². The topological polar surface area (TPSA) is 66.9 Å². The smallest absolute Gasteiger partial charge is 0.270 e. The lowest BCUT2D eigenvalue weighted by Gasteiger charge is -2.09. The number of hydrogen-bond donors (Lipinski definition) is 2. The zero-order valence-electron chi connectivity index (χ0n) is 16.9. The lowest BCUT2D eigenvalue weighted by atomic mass is 10.1. The van der Waals surface area contributed by atoms with E-state index in [9.17, 15) is 4.79 Å². The van der Waals surface area contributed by atoms with Gasteiger partial charge >= 0.3 is 0 Å². The van der Waals surface area contributed by atoms with Crippen LogP contribution in [0.15, 0.2) is 66.7 Å². The largest absolute Gasteiger partial charge is 0.354 e. The average molecular weight is 389 g/mol. The minimum atomic E-state index is -0.157. The molecule has 0 fully saturated rings. The molecule has 1 aromatic heterocycles. The molecule has 0 aliphatic carbocycles. The van der Waals surface area contributed by atoms with Gasteiger partial charge in [-0.25, -0.2) is 9.97 Å². The molecule has 0 aliphatic rings. The normalized spacial score (nSPS) is 10.5. The first-order valence-electron chi connectivity index (χ1n) is 10.2. The van der Waals surface area contributed by atoms with Crippen LogP contribution in [0.4, 0.5) is 5.95 Å². The third kappa shape index (κ3) is 7.03. The molecular formula is C24H28N4O. The highest BCUT2D eigenvalue weighted by molar-refractivity contribution is 5.92. The van der Waals surface area contributed by atoms with E-state index in [1.165, 1.54) is 11.1 Å². The van der Waals surface area contributed by atoms with Crippen molar-refractivity contribution in [3.8, 4) is 0 Å². The minimum absolute atomic E-state index is 0.157. The van der Waals surface area contributed by atoms with E-state index < -0.39 is 0 Å². The number of aromatic nitrogens is 2. The first-order chi connectivity index (χ1) is 14.2. The van der Waals surface area contributed by atoms with E-state index in [4.69, 9.17) is 0 Å². The number of carbonyl (C=O) groups excluding carboxylic acids is 1. The lowest BCUT2D eigenvalue weighted by Crippen LogP contribution is -2.26. The summed E-state index contributed by atoms with van der Waals surface area (Å²) in [6.07, 6.45) is 3.80. The summed E-state index contributed by atoms with van der Waals surface area (Å²) in [5, 5.41) is 6.19. The maximum absolute atomic E-state index is 12.4. The number of hydrogen-bond acceptors (Lipinski definition) is 4. The molecule has 3 rings (SSSR count). The summed E-state index contributed by atoms with van der Waals surface area (Å²) in [6, 6.07) is 22.4. The number of carbonyl (C=O) groups is 1. The zero-order valence-corrected chi connectivity index (χ0v) is 16.9. The fourth-order valence-electron chi connectivity index (χ4n) is 3.13. The van der Waals surface area contributed by atoms with Crippen molar-refractivity contribution in [1.82, 2.24) is 15.3 Å². The average Bonchev–Trinajstić information content (AvgIpc) is 2.75. The third-order valence-corrected chi connectivity index (χ3v) is 4.63. The van der Waals surface area contributed by atoms with Crippen molar-refractivity contribution >= 4 is 11.9 Å². The molecule has 3 aromatic rings. The number of nitrogens with zero attached hydrogens (tertiary/aromatic N) is 2. The molecule has 0 radical (unpaired) electrons. The van der Waals surface area contributed by atoms with Crippen LogP contribution < -0.4 is 10.6 Å². The van der Waals surface area contributed by atoms with Crippen LogP contribution in [-0.4, -0.2) is 29.0 Å². The van der Waals surface area contributed by atoms with Gasteiger partial charge in [-0.15, -0.1) is 0 Å². The van der Waals surface area contributed by atoms with Gasteiger partial charge in [0.05, 0.1) is 0 Å². The summed E-state index contributed by atoms with van der Waals surface area (Å²) in [5.41, 5.74) is 3.78. The molecule has 0 spiro atoms. The summed E-state index contributed by atoms with van der Waals surface area (Å²) < 4.78 is 0. The highest BCUT2D eigenvalue weighted by Gasteiger charge is 2.10. The first-order valence-corrected chi connectivity index (χ1v) is 10.2. The molecule has 1 amide bonds. The van der Waals surface area contributed by atoms with E-state index >= 15 is 0 Å². The number of anilines is 1. The second-order valence-corrected chi connectivity index (χ2v) is 7.08. The summed E-state index contributed by atoms with van der Waals surface area (Å²) in [7, 11) is 0. The molecule has 0 saturated carbocycles. The summed E-state index contributed by atoms with van der Waals surface area (Å²) >= 11 is 0. The Kier molecular flexibility index (Phi) is 7.75. The number of aryl methyl sites for hydroxylation is 3. The van der Waals surface area contributed by atoms with Gasteiger partial charge in [-0.2, -0.15) is 0 Å². The quantitative estimate of drug-likeness (QED) is 0.511. The second kappa shape index (κ2) is 11.0. The van der Waals surface area contributed by atoms with Crippen LogP contribution in [-0.2, 0) is 12.8 Å². The van der Waals surface area contributed by atoms with Gasteiger partial charge in [-0.3, -0.25) is 4.79 Å². The van der Waals surface area contributed by atoms with E-state index in [0.29, 0.717) is 18.2 Å². The van der Waals surface area contributed by atoms with Gasteiger partial charge in [0.25, 0.3) is 5.91 Å². The van der Waals surface area contributed by atoms with Crippen molar-refractivity contribution in [3.63, 3.8) is 0 Å². The molecule has 0 aliphatic heterocycles. The van der Waals surface area contributed by atoms with Crippen LogP contribution in [0.5, 0.6) is 0 Å². The third-order valence-electron chi connectivity index (χ3n) is 4.63. The van der Waals surface area contributed by atoms with E-state index in [1.807, 2.05) is 31.2 Å². The van der Waals surface area contributed by atoms with Crippen LogP contribution in [0.25, 0.3) is 0 Å². The summed E-state index contributed by atoms with van der Waals surface area (Å²) in [5.74, 6) is 0.350. The highest BCUT2D eigenvalue weighted by atomic mass is 16.1. The maximum Gasteiger partial charge on any atom is 0.270 e. The molecule has 0 atom stereocenters. The molecule has 1 heterocycles. The fourth-order valence-corrected chi connectivity index (χ4v) is 3.13. The Morgan fingerprint density at radius 2 is 1.41 bits per heavy atom. The van der Waals surface area contributed by atoms with Crippen molar-refractivity contribution < 1.29 is 4.79 Å². The SMILES string of the molecule is Cc1cc(C(=O)NCCCc2ccccc2)nc(NCCCc2ccccc2)n1. The summed E-state index contributed by atoms with van der Waals surface area (Å²) in [6.45, 7) is 3.26. The first kappa shape index (κ1) is 20.5. The van der Waals surface area contributed by atoms with E-state index in [0.717, 1.165) is 37.9 Å². The predicted octanol–water partition coefficient (Wildman–Crippen LogP) is 4.19. The van der Waals surface area contributed by atoms with Gasteiger partial charge < -0.3 is 10.6 Å². The second-order valence-electron chi connectivity index (χ2n) is 7.08. The number of benzene rings is 2. The van der Waals surface area contributed by atoms with Gasteiger partial charge in [-0.05, 0) is 49.8 Å². The van der Waals surface area contributed by atoms with Crippen molar-refractivity contribution in [1.29, 1.82) is 0 Å². The molecule has 2 N–H and O–H groups in total. The molecule has 0 bridgehead atoms. The monoisotopic (exact) mass is 388 g/mol. The molecule has 5 heteroatoms. The Morgan fingerprint density at radius 1 is 0.828 bits per heavy atom. The molecular weight excluding hydrogens is 360 g/mol. The van der Waals surface area contributed by atoms with Crippen LogP contribution in [0.3, 0.4) is 0 Å². The van der Waals surface area contributed by atoms with Crippen LogP contribution in [0, 0.1) is 6.92 Å². The van der Waals surface area contributed by atoms with E-state index in [1.54, 1.807) is 6.07 Å². The molecule has 29 heavy (non-hydrogen) atoms. The standard InChI is InChI=1S/C24H28N4O/c1-19-18-22(23(29)25-16-8-14-20-10-4-2-5-11-20)28-24(27-19)26-17-9-15-21-12-6-3-7-13-21/h2-7,10-13,18H,8-9,14-17H2,1H3,(H,25,29)(H,26,27,28). The molecule has 0 unspecified atom stereocenters. The Hall–Kier alpha value is -3.21. The number of nitrogens with one attached hydrogen (secondary N) is 2. The summed E-state index contributed by atoms with van der Waals surface area (Å²) in [4.78, 5) is 21.2. The number of rotatable bonds is 10. The fraction of sp³-hybridized carbons (Fsp3) is 0.292. The number of amides is 1. The van der Waals surface area contributed by atoms with Crippen molar-refractivity contribution in [3.05, 3.63) is 89.2 Å². The van der Waals surface area contributed by atoms with Crippen LogP contribution >= 0.6 is 0 Å².